The summed E-state index contributed by atoms with van der Waals surface area (Å²) in [6.07, 6.45) is -4.43. The third-order valence-electron chi connectivity index (χ3n) is 2.91. The Balaban J connectivity index is 2.34. The second-order valence-corrected chi connectivity index (χ2v) is 4.83. The smallest absolute Gasteiger partial charge is 0.401 e. The van der Waals surface area contributed by atoms with Gasteiger partial charge in [0.15, 0.2) is 0 Å². The minimum atomic E-state index is -4.24. The molecule has 0 aliphatic carbocycles. The van der Waals surface area contributed by atoms with Crippen LogP contribution < -0.4 is 5.32 Å². The van der Waals surface area contributed by atoms with Crippen LogP contribution in [0.5, 0.6) is 0 Å². The first-order chi connectivity index (χ1) is 9.17. The van der Waals surface area contributed by atoms with Crippen LogP contribution in [0.25, 0.3) is 0 Å². The highest BCUT2D eigenvalue weighted by atomic mass is 19.4. The number of piperazine rings is 1. The maximum absolute atomic E-state index is 12.2. The molecule has 0 aromatic heterocycles. The highest BCUT2D eigenvalue weighted by Gasteiger charge is 2.32. The topological polar surface area (TPSA) is 72.9 Å². The maximum Gasteiger partial charge on any atom is 0.401 e. The number of nitrogens with zero attached hydrogens (tertiary/aromatic N) is 2. The number of rotatable bonds is 4. The van der Waals surface area contributed by atoms with E-state index >= 15 is 0 Å². The lowest BCUT2D eigenvalue weighted by Gasteiger charge is -2.35. The summed E-state index contributed by atoms with van der Waals surface area (Å²) in [5.74, 6) is -1.02. The first-order valence-corrected chi connectivity index (χ1v) is 6.23. The summed E-state index contributed by atoms with van der Waals surface area (Å²) in [7, 11) is 0. The number of urea groups is 1. The second kappa shape index (κ2) is 6.78. The average Bonchev–Trinajstić information content (AvgIpc) is 2.26. The third-order valence-corrected chi connectivity index (χ3v) is 2.91. The van der Waals surface area contributed by atoms with E-state index in [1.165, 1.54) is 9.80 Å². The van der Waals surface area contributed by atoms with Gasteiger partial charge in [-0.15, -0.1) is 0 Å². The van der Waals surface area contributed by atoms with Crippen molar-refractivity contribution in [3.05, 3.63) is 0 Å². The van der Waals surface area contributed by atoms with Crippen LogP contribution in [0.2, 0.25) is 0 Å². The van der Waals surface area contributed by atoms with Gasteiger partial charge in [0.2, 0.25) is 0 Å². The Hall–Kier alpha value is -1.51. The molecular weight excluding hydrogens is 279 g/mol. The van der Waals surface area contributed by atoms with Crippen molar-refractivity contribution in [2.24, 2.45) is 0 Å². The van der Waals surface area contributed by atoms with Crippen molar-refractivity contribution >= 4 is 12.0 Å². The third kappa shape index (κ3) is 6.09. The molecular formula is C11H18F3N3O3. The molecule has 2 N–H and O–H groups in total. The highest BCUT2D eigenvalue weighted by molar-refractivity contribution is 5.76. The van der Waals surface area contributed by atoms with Gasteiger partial charge in [0.05, 0.1) is 13.0 Å². The lowest BCUT2D eigenvalue weighted by atomic mass is 10.2. The van der Waals surface area contributed by atoms with Gasteiger partial charge in [-0.25, -0.2) is 4.79 Å². The quantitative estimate of drug-likeness (QED) is 0.803. The van der Waals surface area contributed by atoms with E-state index in [2.05, 4.69) is 5.32 Å². The summed E-state index contributed by atoms with van der Waals surface area (Å²) in [6.45, 7) is 1.29. The van der Waals surface area contributed by atoms with Crippen LogP contribution in [-0.4, -0.2) is 71.8 Å². The summed E-state index contributed by atoms with van der Waals surface area (Å²) in [6, 6.07) is -0.960. The van der Waals surface area contributed by atoms with Crippen molar-refractivity contribution < 1.29 is 27.9 Å². The zero-order valence-electron chi connectivity index (χ0n) is 11.1. The molecule has 1 unspecified atom stereocenters. The van der Waals surface area contributed by atoms with Crippen LogP contribution >= 0.6 is 0 Å². The molecule has 1 fully saturated rings. The van der Waals surface area contributed by atoms with Gasteiger partial charge < -0.3 is 15.3 Å². The number of aliphatic carboxylic acids is 1. The van der Waals surface area contributed by atoms with E-state index in [9.17, 15) is 22.8 Å². The molecule has 1 saturated heterocycles. The largest absolute Gasteiger partial charge is 0.481 e. The number of carboxylic acids is 1. The van der Waals surface area contributed by atoms with Crippen molar-refractivity contribution in [3.63, 3.8) is 0 Å². The van der Waals surface area contributed by atoms with Gasteiger partial charge in [-0.05, 0) is 6.92 Å². The monoisotopic (exact) mass is 297 g/mol. The van der Waals surface area contributed by atoms with Crippen molar-refractivity contribution in [2.45, 2.75) is 25.6 Å². The van der Waals surface area contributed by atoms with Gasteiger partial charge in [0.25, 0.3) is 0 Å². The second-order valence-electron chi connectivity index (χ2n) is 4.83. The fourth-order valence-corrected chi connectivity index (χ4v) is 1.98. The summed E-state index contributed by atoms with van der Waals surface area (Å²) in [5.41, 5.74) is 0. The van der Waals surface area contributed by atoms with Gasteiger partial charge in [-0.2, -0.15) is 13.2 Å². The molecule has 1 aliphatic rings. The van der Waals surface area contributed by atoms with Gasteiger partial charge in [0, 0.05) is 32.2 Å². The molecule has 9 heteroatoms. The van der Waals surface area contributed by atoms with E-state index in [1.54, 1.807) is 6.92 Å². The molecule has 1 heterocycles. The first-order valence-electron chi connectivity index (χ1n) is 6.23. The Morgan fingerprint density at radius 3 is 2.25 bits per heavy atom. The number of carbonyl (C=O) groups is 2. The number of hydrogen-bond acceptors (Lipinski definition) is 3. The molecule has 1 atom stereocenters. The lowest BCUT2D eigenvalue weighted by Crippen LogP contribution is -2.54. The SMILES string of the molecule is CC(CC(=O)O)NC(=O)N1CCN(CC(F)(F)F)CC1. The van der Waals surface area contributed by atoms with Gasteiger partial charge >= 0.3 is 18.2 Å². The number of carboxylic acid groups (broad SMARTS) is 1. The Bertz CT molecular complexity index is 355. The Labute approximate surface area is 114 Å². The molecule has 116 valence electrons. The zero-order chi connectivity index (χ0) is 15.3. The van der Waals surface area contributed by atoms with E-state index < -0.39 is 30.8 Å². The van der Waals surface area contributed by atoms with Crippen LogP contribution in [0, 0.1) is 0 Å². The van der Waals surface area contributed by atoms with Gasteiger partial charge in [-0.1, -0.05) is 0 Å². The Kier molecular flexibility index (Phi) is 5.61. The standard InChI is InChI=1S/C11H18F3N3O3/c1-8(6-9(18)19)15-10(20)17-4-2-16(3-5-17)7-11(12,13)14/h8H,2-7H2,1H3,(H,15,20)(H,18,19). The molecule has 0 bridgehead atoms. The summed E-state index contributed by atoms with van der Waals surface area (Å²) in [5, 5.41) is 11.1. The predicted molar refractivity (Wildman–Crippen MR) is 64.3 cm³/mol. The zero-order valence-corrected chi connectivity index (χ0v) is 11.1. The average molecular weight is 297 g/mol. The molecule has 0 saturated carbocycles. The van der Waals surface area contributed by atoms with E-state index in [4.69, 9.17) is 5.11 Å². The normalized spacial score (nSPS) is 18.7. The summed E-state index contributed by atoms with van der Waals surface area (Å²) in [4.78, 5) is 24.9. The Morgan fingerprint density at radius 1 is 1.25 bits per heavy atom. The molecule has 0 radical (unpaired) electrons. The number of carbonyl (C=O) groups excluding carboxylic acids is 1. The van der Waals surface area contributed by atoms with Crippen molar-refractivity contribution in [1.82, 2.24) is 15.1 Å². The van der Waals surface area contributed by atoms with E-state index in [0.717, 1.165) is 0 Å². The van der Waals surface area contributed by atoms with Crippen molar-refractivity contribution in [2.75, 3.05) is 32.7 Å². The van der Waals surface area contributed by atoms with Crippen molar-refractivity contribution in [1.29, 1.82) is 0 Å². The molecule has 1 aliphatic heterocycles. The minimum Gasteiger partial charge on any atom is -0.481 e. The van der Waals surface area contributed by atoms with Crippen molar-refractivity contribution in [3.8, 4) is 0 Å². The van der Waals surface area contributed by atoms with Crippen LogP contribution in [0.4, 0.5) is 18.0 Å². The number of halogens is 3. The van der Waals surface area contributed by atoms with Gasteiger partial charge in [0.1, 0.15) is 0 Å². The fourth-order valence-electron chi connectivity index (χ4n) is 1.98. The number of amides is 2. The number of alkyl halides is 3. The summed E-state index contributed by atoms with van der Waals surface area (Å²) >= 11 is 0. The minimum absolute atomic E-state index is 0.153. The molecule has 2 amide bonds. The van der Waals surface area contributed by atoms with E-state index in [1.807, 2.05) is 0 Å². The molecule has 20 heavy (non-hydrogen) atoms. The Morgan fingerprint density at radius 2 is 1.80 bits per heavy atom. The first kappa shape index (κ1) is 16.5. The number of hydrogen-bond donors (Lipinski definition) is 2. The van der Waals surface area contributed by atoms with E-state index in [0.29, 0.717) is 0 Å². The van der Waals surface area contributed by atoms with Gasteiger partial charge in [-0.3, -0.25) is 9.69 Å². The molecule has 0 aromatic carbocycles. The predicted octanol–water partition coefficient (Wildman–Crippen LogP) is 0.739. The van der Waals surface area contributed by atoms with Crippen LogP contribution in [0.3, 0.4) is 0 Å². The maximum atomic E-state index is 12.2. The fraction of sp³-hybridized carbons (Fsp3) is 0.818. The van der Waals surface area contributed by atoms with Crippen LogP contribution in [0.1, 0.15) is 13.3 Å². The highest BCUT2D eigenvalue weighted by Crippen LogP contribution is 2.17. The lowest BCUT2D eigenvalue weighted by molar-refractivity contribution is -0.148. The van der Waals surface area contributed by atoms with E-state index in [-0.39, 0.29) is 32.6 Å². The molecule has 0 spiro atoms. The molecule has 6 nitrogen and oxygen atoms in total. The number of nitrogens with one attached hydrogen (secondary N) is 1. The summed E-state index contributed by atoms with van der Waals surface area (Å²) < 4.78 is 36.6. The van der Waals surface area contributed by atoms with Crippen LogP contribution in [-0.2, 0) is 4.79 Å². The molecule has 0 aromatic rings. The van der Waals surface area contributed by atoms with Crippen LogP contribution in [0.15, 0.2) is 0 Å². The molecule has 1 rings (SSSR count).